The predicted molar refractivity (Wildman–Crippen MR) is 105 cm³/mol. The van der Waals surface area contributed by atoms with Crippen molar-refractivity contribution in [2.45, 2.75) is 19.4 Å². The molecule has 3 aromatic rings. The van der Waals surface area contributed by atoms with Gasteiger partial charge in [0.25, 0.3) is 17.4 Å². The van der Waals surface area contributed by atoms with Gasteiger partial charge < -0.3 is 0 Å². The van der Waals surface area contributed by atoms with Crippen LogP contribution >= 0.6 is 0 Å². The van der Waals surface area contributed by atoms with Crippen molar-refractivity contribution in [2.75, 3.05) is 0 Å². The van der Waals surface area contributed by atoms with E-state index in [1.807, 2.05) is 30.3 Å². The van der Waals surface area contributed by atoms with Gasteiger partial charge in [-0.15, -0.1) is 0 Å². The minimum absolute atomic E-state index is 0.0798. The average molecular weight is 374 g/mol. The second kappa shape index (κ2) is 7.48. The molecule has 28 heavy (non-hydrogen) atoms. The number of benzene rings is 2. The number of carbonyl (C=O) groups is 2. The van der Waals surface area contributed by atoms with E-state index in [2.05, 4.69) is 15.8 Å². The minimum atomic E-state index is -0.481. The van der Waals surface area contributed by atoms with Crippen LogP contribution in [0, 0.1) is 0 Å². The molecule has 0 radical (unpaired) electrons. The third kappa shape index (κ3) is 3.55. The van der Waals surface area contributed by atoms with Crippen molar-refractivity contribution in [2.24, 2.45) is 0 Å². The van der Waals surface area contributed by atoms with Crippen molar-refractivity contribution in [3.05, 3.63) is 81.9 Å². The lowest BCUT2D eigenvalue weighted by Gasteiger charge is -2.08. The van der Waals surface area contributed by atoms with E-state index in [4.69, 9.17) is 0 Å². The maximum Gasteiger partial charge on any atom is 0.269 e. The lowest BCUT2D eigenvalue weighted by Crippen LogP contribution is -2.40. The Hall–Kier alpha value is -3.74. The van der Waals surface area contributed by atoms with Crippen LogP contribution in [0.3, 0.4) is 0 Å². The summed E-state index contributed by atoms with van der Waals surface area (Å²) in [5.74, 6) is -0.188. The van der Waals surface area contributed by atoms with E-state index in [1.54, 1.807) is 28.8 Å². The van der Waals surface area contributed by atoms with Crippen LogP contribution in [0.2, 0.25) is 0 Å². The lowest BCUT2D eigenvalue weighted by atomic mass is 10.1. The van der Waals surface area contributed by atoms with Gasteiger partial charge in [-0.3, -0.25) is 29.8 Å². The van der Waals surface area contributed by atoms with Crippen LogP contribution in [0.1, 0.15) is 28.2 Å². The van der Waals surface area contributed by atoms with E-state index in [-0.39, 0.29) is 5.56 Å². The standard InChI is InChI=1S/C21H18N4O3/c26-19(11-8-14-5-2-1-3-6-14)23-24-20(27)15-9-10-16-17(13-15)22-18-7-4-12-25(18)21(16)28/h1-3,5-6,8-11,13H,4,7,12H2,(H,23,26)(H,24,27). The molecule has 2 N–H and O–H groups in total. The molecule has 0 spiro atoms. The number of fused-ring (bicyclic) bond motifs is 2. The van der Waals surface area contributed by atoms with Gasteiger partial charge in [0.2, 0.25) is 0 Å². The number of hydrazine groups is 1. The molecule has 140 valence electrons. The molecule has 0 aliphatic carbocycles. The molecule has 1 aliphatic rings. The summed E-state index contributed by atoms with van der Waals surface area (Å²) in [5, 5.41) is 0.483. The highest BCUT2D eigenvalue weighted by atomic mass is 16.2. The third-order valence-electron chi connectivity index (χ3n) is 4.60. The summed E-state index contributed by atoms with van der Waals surface area (Å²) in [6, 6.07) is 14.1. The molecular weight excluding hydrogens is 356 g/mol. The smallest absolute Gasteiger partial charge is 0.269 e. The molecule has 7 heteroatoms. The molecule has 0 fully saturated rings. The number of carbonyl (C=O) groups excluding carboxylic acids is 2. The zero-order chi connectivity index (χ0) is 19.5. The Morgan fingerprint density at radius 2 is 1.89 bits per heavy atom. The fourth-order valence-electron chi connectivity index (χ4n) is 3.19. The van der Waals surface area contributed by atoms with Gasteiger partial charge in [-0.25, -0.2) is 4.98 Å². The molecule has 2 heterocycles. The normalized spacial score (nSPS) is 12.9. The number of amides is 2. The van der Waals surface area contributed by atoms with Gasteiger partial charge in [-0.2, -0.15) is 0 Å². The van der Waals surface area contributed by atoms with Crippen LogP contribution in [-0.2, 0) is 17.8 Å². The van der Waals surface area contributed by atoms with Gasteiger partial charge in [-0.1, -0.05) is 30.3 Å². The van der Waals surface area contributed by atoms with E-state index in [1.165, 1.54) is 6.08 Å². The number of nitrogens with zero attached hydrogens (tertiary/aromatic N) is 2. The van der Waals surface area contributed by atoms with Crippen molar-refractivity contribution in [3.63, 3.8) is 0 Å². The van der Waals surface area contributed by atoms with Crippen molar-refractivity contribution in [1.29, 1.82) is 0 Å². The first-order valence-electron chi connectivity index (χ1n) is 8.99. The van der Waals surface area contributed by atoms with Crippen LogP contribution in [0.25, 0.3) is 17.0 Å². The first-order chi connectivity index (χ1) is 13.6. The minimum Gasteiger partial charge on any atom is -0.296 e. The largest absolute Gasteiger partial charge is 0.296 e. The number of hydrogen-bond donors (Lipinski definition) is 2. The predicted octanol–water partition coefficient (Wildman–Crippen LogP) is 1.82. The number of rotatable bonds is 3. The zero-order valence-electron chi connectivity index (χ0n) is 15.0. The Kier molecular flexibility index (Phi) is 4.72. The highest BCUT2D eigenvalue weighted by Gasteiger charge is 2.17. The monoisotopic (exact) mass is 374 g/mol. The van der Waals surface area contributed by atoms with Gasteiger partial charge in [0, 0.05) is 24.6 Å². The number of aromatic nitrogens is 2. The summed E-state index contributed by atoms with van der Waals surface area (Å²) in [4.78, 5) is 41.2. The molecule has 0 saturated heterocycles. The van der Waals surface area contributed by atoms with Crippen LogP contribution in [0.5, 0.6) is 0 Å². The molecular formula is C21H18N4O3. The lowest BCUT2D eigenvalue weighted by molar-refractivity contribution is -0.117. The quantitative estimate of drug-likeness (QED) is 0.540. The highest BCUT2D eigenvalue weighted by Crippen LogP contribution is 2.16. The SMILES string of the molecule is O=C(C=Cc1ccccc1)NNC(=O)c1ccc2c(=O)n3c(nc2c1)CCC3. The van der Waals surface area contributed by atoms with Crippen LogP contribution in [0.15, 0.2) is 59.4 Å². The summed E-state index contributed by atoms with van der Waals surface area (Å²) < 4.78 is 1.68. The molecule has 0 atom stereocenters. The molecule has 0 bridgehead atoms. The van der Waals surface area contributed by atoms with E-state index in [9.17, 15) is 14.4 Å². The Balaban J connectivity index is 1.45. The van der Waals surface area contributed by atoms with Gasteiger partial charge in [0.05, 0.1) is 10.9 Å². The topological polar surface area (TPSA) is 93.1 Å². The highest BCUT2D eigenvalue weighted by molar-refractivity contribution is 6.00. The van der Waals surface area contributed by atoms with Gasteiger partial charge in [0.15, 0.2) is 0 Å². The van der Waals surface area contributed by atoms with Crippen molar-refractivity contribution in [1.82, 2.24) is 20.4 Å². The fourth-order valence-corrected chi connectivity index (χ4v) is 3.19. The maximum absolute atomic E-state index is 12.5. The van der Waals surface area contributed by atoms with E-state index < -0.39 is 11.8 Å². The van der Waals surface area contributed by atoms with Gasteiger partial charge in [0.1, 0.15) is 5.82 Å². The Morgan fingerprint density at radius 1 is 1.07 bits per heavy atom. The van der Waals surface area contributed by atoms with Gasteiger partial charge in [-0.05, 0) is 36.3 Å². The third-order valence-corrected chi connectivity index (χ3v) is 4.60. The molecule has 4 rings (SSSR count). The van der Waals surface area contributed by atoms with E-state index in [0.717, 1.165) is 24.2 Å². The molecule has 2 amide bonds. The molecule has 2 aromatic carbocycles. The van der Waals surface area contributed by atoms with Crippen molar-refractivity contribution < 1.29 is 9.59 Å². The zero-order valence-corrected chi connectivity index (χ0v) is 15.0. The molecule has 0 saturated carbocycles. The Morgan fingerprint density at radius 3 is 2.71 bits per heavy atom. The number of aryl methyl sites for hydroxylation is 1. The number of nitrogens with one attached hydrogen (secondary N) is 2. The Bertz CT molecular complexity index is 1150. The fraction of sp³-hybridized carbons (Fsp3) is 0.143. The summed E-state index contributed by atoms with van der Waals surface area (Å²) in [6.07, 6.45) is 4.64. The first-order valence-corrected chi connectivity index (χ1v) is 8.99. The molecule has 7 nitrogen and oxygen atoms in total. The summed E-state index contributed by atoms with van der Waals surface area (Å²) in [7, 11) is 0. The summed E-state index contributed by atoms with van der Waals surface area (Å²) in [6.45, 7) is 0.682. The number of hydrogen-bond acceptors (Lipinski definition) is 4. The van der Waals surface area contributed by atoms with E-state index >= 15 is 0 Å². The Labute approximate surface area is 160 Å². The first kappa shape index (κ1) is 17.7. The summed E-state index contributed by atoms with van der Waals surface area (Å²) >= 11 is 0. The molecule has 1 aromatic heterocycles. The molecule has 1 aliphatic heterocycles. The van der Waals surface area contributed by atoms with Crippen molar-refractivity contribution >= 4 is 28.8 Å². The molecule has 0 unspecified atom stereocenters. The van der Waals surface area contributed by atoms with Crippen LogP contribution < -0.4 is 16.4 Å². The van der Waals surface area contributed by atoms with Crippen LogP contribution in [0.4, 0.5) is 0 Å². The van der Waals surface area contributed by atoms with Crippen LogP contribution in [-0.4, -0.2) is 21.4 Å². The second-order valence-corrected chi connectivity index (χ2v) is 6.51. The van der Waals surface area contributed by atoms with Crippen molar-refractivity contribution in [3.8, 4) is 0 Å². The van der Waals surface area contributed by atoms with E-state index in [0.29, 0.717) is 23.0 Å². The average Bonchev–Trinajstić information content (AvgIpc) is 3.20. The second-order valence-electron chi connectivity index (χ2n) is 6.51. The van der Waals surface area contributed by atoms with Gasteiger partial charge >= 0.3 is 0 Å². The summed E-state index contributed by atoms with van der Waals surface area (Å²) in [5.41, 5.74) is 6.31. The maximum atomic E-state index is 12.5.